The van der Waals surface area contributed by atoms with Gasteiger partial charge >= 0.3 is 6.09 Å². The molecule has 0 saturated heterocycles. The Morgan fingerprint density at radius 2 is 1.74 bits per heavy atom. The van der Waals surface area contributed by atoms with E-state index in [0.717, 1.165) is 10.9 Å². The zero-order valence-electron chi connectivity index (χ0n) is 12.4. The van der Waals surface area contributed by atoms with Gasteiger partial charge < -0.3 is 4.74 Å². The van der Waals surface area contributed by atoms with Crippen LogP contribution in [0.2, 0.25) is 0 Å². The Kier molecular flexibility index (Phi) is 5.16. The summed E-state index contributed by atoms with van der Waals surface area (Å²) < 4.78 is 6.84. The summed E-state index contributed by atoms with van der Waals surface area (Å²) in [7, 11) is 0. The molecule has 1 aromatic carbocycles. The molecule has 0 saturated carbocycles. The van der Waals surface area contributed by atoms with Gasteiger partial charge in [0.05, 0.1) is 5.52 Å². The van der Waals surface area contributed by atoms with Crippen molar-refractivity contribution in [1.29, 1.82) is 0 Å². The minimum atomic E-state index is -0.470. The van der Waals surface area contributed by atoms with Crippen LogP contribution in [0.15, 0.2) is 36.5 Å². The van der Waals surface area contributed by atoms with Gasteiger partial charge in [-0.2, -0.15) is 0 Å². The largest absolute Gasteiger partial charge is 0.443 e. The van der Waals surface area contributed by atoms with Gasteiger partial charge in [-0.15, -0.1) is 0 Å². The summed E-state index contributed by atoms with van der Waals surface area (Å²) in [6.45, 7) is 9.82. The Bertz CT molecular complexity index is 535. The fraction of sp³-hybridized carbons (Fsp3) is 0.438. The molecule has 0 bridgehead atoms. The molecule has 0 N–H and O–H groups in total. The molecule has 0 fully saturated rings. The number of benzene rings is 1. The number of aromatic nitrogens is 1. The van der Waals surface area contributed by atoms with E-state index in [0.29, 0.717) is 0 Å². The van der Waals surface area contributed by atoms with Crippen molar-refractivity contribution < 1.29 is 9.53 Å². The van der Waals surface area contributed by atoms with Crippen molar-refractivity contribution >= 4 is 17.0 Å². The quantitative estimate of drug-likeness (QED) is 0.679. The molecule has 0 spiro atoms. The third-order valence-electron chi connectivity index (χ3n) is 2.19. The highest BCUT2D eigenvalue weighted by Gasteiger charge is 2.18. The van der Waals surface area contributed by atoms with E-state index in [9.17, 15) is 4.79 Å². The lowest BCUT2D eigenvalue weighted by Crippen LogP contribution is -2.26. The second-order valence-corrected chi connectivity index (χ2v) is 5.43. The first kappa shape index (κ1) is 15.3. The lowest BCUT2D eigenvalue weighted by Gasteiger charge is -2.19. The van der Waals surface area contributed by atoms with Crippen molar-refractivity contribution in [2.24, 2.45) is 0 Å². The summed E-state index contributed by atoms with van der Waals surface area (Å²) in [4.78, 5) is 11.9. The van der Waals surface area contributed by atoms with Crippen molar-refractivity contribution in [3.63, 3.8) is 0 Å². The Morgan fingerprint density at radius 3 is 2.32 bits per heavy atom. The summed E-state index contributed by atoms with van der Waals surface area (Å²) in [5.41, 5.74) is 0.402. The molecule has 0 aliphatic heterocycles. The normalized spacial score (nSPS) is 10.8. The molecule has 3 nitrogen and oxygen atoms in total. The molecule has 1 aromatic heterocycles. The lowest BCUT2D eigenvalue weighted by molar-refractivity contribution is 0.0544. The van der Waals surface area contributed by atoms with Gasteiger partial charge in [-0.1, -0.05) is 38.5 Å². The molecule has 104 valence electrons. The van der Waals surface area contributed by atoms with Gasteiger partial charge in [0.2, 0.25) is 0 Å². The molecular weight excluding hydrogens is 238 g/mol. The zero-order chi connectivity index (χ0) is 14.5. The number of carbonyl (C=O) groups excluding carboxylic acids is 1. The summed E-state index contributed by atoms with van der Waals surface area (Å²) in [5, 5.41) is 1.04. The Labute approximate surface area is 115 Å². The monoisotopic (exact) mass is 261 g/mol. The van der Waals surface area contributed by atoms with Crippen LogP contribution in [0.3, 0.4) is 0 Å². The van der Waals surface area contributed by atoms with E-state index in [1.54, 1.807) is 6.20 Å². The average Bonchev–Trinajstić information content (AvgIpc) is 2.71. The number of rotatable bonds is 0. The maximum Gasteiger partial charge on any atom is 0.418 e. The third kappa shape index (κ3) is 4.43. The van der Waals surface area contributed by atoms with Crippen LogP contribution in [0.1, 0.15) is 41.0 Å². The fourth-order valence-corrected chi connectivity index (χ4v) is 1.55. The van der Waals surface area contributed by atoms with Gasteiger partial charge in [-0.05, 0) is 32.9 Å². The molecule has 2 rings (SSSR count). The molecule has 3 heteroatoms. The predicted octanol–water partition coefficient (Wildman–Crippen LogP) is 4.84. The number of para-hydroxylation sites is 1. The number of ether oxygens (including phenoxy) is 1. The van der Waals surface area contributed by atoms with Crippen molar-refractivity contribution in [2.75, 3.05) is 0 Å². The van der Waals surface area contributed by atoms with Crippen LogP contribution in [0.25, 0.3) is 10.9 Å². The van der Waals surface area contributed by atoms with Gasteiger partial charge in [0.1, 0.15) is 5.60 Å². The molecule has 0 radical (unpaired) electrons. The van der Waals surface area contributed by atoms with Gasteiger partial charge in [-0.3, -0.25) is 4.57 Å². The molecule has 2 aromatic rings. The van der Waals surface area contributed by atoms with Crippen LogP contribution >= 0.6 is 0 Å². The molecule has 1 heterocycles. The molecule has 0 atom stereocenters. The molecule has 0 unspecified atom stereocenters. The molecule has 0 amide bonds. The van der Waals surface area contributed by atoms with Crippen LogP contribution in [0, 0.1) is 0 Å². The van der Waals surface area contributed by atoms with Crippen molar-refractivity contribution in [3.8, 4) is 0 Å². The van der Waals surface area contributed by atoms with E-state index < -0.39 is 5.60 Å². The van der Waals surface area contributed by atoms with Crippen molar-refractivity contribution in [1.82, 2.24) is 4.57 Å². The first-order chi connectivity index (χ1) is 8.89. The topological polar surface area (TPSA) is 31.2 Å². The second-order valence-electron chi connectivity index (χ2n) is 5.43. The average molecular weight is 261 g/mol. The smallest absolute Gasteiger partial charge is 0.418 e. The van der Waals surface area contributed by atoms with E-state index in [1.165, 1.54) is 11.0 Å². The molecule has 0 aliphatic carbocycles. The maximum absolute atomic E-state index is 11.9. The Hall–Kier alpha value is -1.77. The Balaban J connectivity index is 0.000000550. The van der Waals surface area contributed by atoms with Crippen molar-refractivity contribution in [2.45, 2.75) is 46.6 Å². The highest BCUT2D eigenvalue weighted by molar-refractivity contribution is 5.89. The minimum absolute atomic E-state index is 0.339. The van der Waals surface area contributed by atoms with Gasteiger partial charge in [0, 0.05) is 11.6 Å². The second kappa shape index (κ2) is 6.41. The third-order valence-corrected chi connectivity index (χ3v) is 2.19. The molecule has 0 aliphatic rings. The number of fused-ring (bicyclic) bond motifs is 1. The van der Waals surface area contributed by atoms with Crippen LogP contribution in [0.5, 0.6) is 0 Å². The van der Waals surface area contributed by atoms with Gasteiger partial charge in [0.25, 0.3) is 0 Å². The lowest BCUT2D eigenvalue weighted by atomic mass is 10.2. The number of carbonyl (C=O) groups is 1. The van der Waals surface area contributed by atoms with Crippen LogP contribution in [-0.4, -0.2) is 16.3 Å². The van der Waals surface area contributed by atoms with E-state index in [-0.39, 0.29) is 6.09 Å². The van der Waals surface area contributed by atoms with E-state index in [4.69, 9.17) is 4.74 Å². The first-order valence-corrected chi connectivity index (χ1v) is 6.68. The predicted molar refractivity (Wildman–Crippen MR) is 79.5 cm³/mol. The molecule has 19 heavy (non-hydrogen) atoms. The summed E-state index contributed by atoms with van der Waals surface area (Å²) in [5.74, 6) is 0. The summed E-state index contributed by atoms with van der Waals surface area (Å²) in [6.07, 6.45) is 2.65. The van der Waals surface area contributed by atoms with Gasteiger partial charge in [-0.25, -0.2) is 4.79 Å². The van der Waals surface area contributed by atoms with Gasteiger partial charge in [0.15, 0.2) is 0 Å². The standard InChI is InChI=1S/C13H15NO2.C3H8/c1-13(2,3)16-12(15)14-9-8-10-6-4-5-7-11(10)14;1-3-2/h4-9H,1-3H3;3H2,1-2H3. The maximum atomic E-state index is 11.9. The minimum Gasteiger partial charge on any atom is -0.443 e. The van der Waals surface area contributed by atoms with Crippen molar-refractivity contribution in [3.05, 3.63) is 36.5 Å². The number of hydrogen-bond donors (Lipinski definition) is 0. The first-order valence-electron chi connectivity index (χ1n) is 6.68. The van der Waals surface area contributed by atoms with Crippen LogP contribution in [-0.2, 0) is 4.74 Å². The summed E-state index contributed by atoms with van der Waals surface area (Å²) in [6, 6.07) is 9.62. The highest BCUT2D eigenvalue weighted by atomic mass is 16.6. The van der Waals surface area contributed by atoms with E-state index in [1.807, 2.05) is 51.1 Å². The SMILES string of the molecule is CC(C)(C)OC(=O)n1ccc2ccccc21.CCC. The Morgan fingerprint density at radius 1 is 1.16 bits per heavy atom. The van der Waals surface area contributed by atoms with E-state index in [2.05, 4.69) is 13.8 Å². The van der Waals surface area contributed by atoms with E-state index >= 15 is 0 Å². The number of nitrogens with zero attached hydrogens (tertiary/aromatic N) is 1. The highest BCUT2D eigenvalue weighted by Crippen LogP contribution is 2.17. The van der Waals surface area contributed by atoms with Crippen LogP contribution in [0.4, 0.5) is 4.79 Å². The molecular formula is C16H23NO2. The fourth-order valence-electron chi connectivity index (χ4n) is 1.55. The zero-order valence-corrected chi connectivity index (χ0v) is 12.4. The summed E-state index contributed by atoms with van der Waals surface area (Å²) >= 11 is 0. The van der Waals surface area contributed by atoms with Crippen LogP contribution < -0.4 is 0 Å². The number of hydrogen-bond acceptors (Lipinski definition) is 2.